The maximum atomic E-state index is 4.63. The number of hydrogen-bond donors (Lipinski definition) is 1. The van der Waals surface area contributed by atoms with Gasteiger partial charge in [-0.1, -0.05) is 6.92 Å². The van der Waals surface area contributed by atoms with Crippen LogP contribution in [-0.2, 0) is 13.0 Å². The Labute approximate surface area is 128 Å². The molecule has 0 bridgehead atoms. The number of rotatable bonds is 5. The predicted octanol–water partition coefficient (Wildman–Crippen LogP) is 3.83. The van der Waals surface area contributed by atoms with Gasteiger partial charge < -0.3 is 10.2 Å². The fourth-order valence-corrected chi connectivity index (χ4v) is 4.62. The number of thiophene rings is 1. The lowest BCUT2D eigenvalue weighted by molar-refractivity contribution is 0.631. The maximum Gasteiger partial charge on any atom is 0.186 e. The second-order valence-electron chi connectivity index (χ2n) is 5.20. The van der Waals surface area contributed by atoms with Crippen LogP contribution in [0.4, 0.5) is 5.13 Å². The van der Waals surface area contributed by atoms with Gasteiger partial charge in [-0.2, -0.15) is 0 Å². The van der Waals surface area contributed by atoms with E-state index in [1.165, 1.54) is 22.0 Å². The summed E-state index contributed by atoms with van der Waals surface area (Å²) >= 11 is 3.72. The van der Waals surface area contributed by atoms with Crippen LogP contribution in [0.15, 0.2) is 17.6 Å². The minimum atomic E-state index is 0.451. The highest BCUT2D eigenvalue weighted by molar-refractivity contribution is 7.15. The Morgan fingerprint density at radius 3 is 3.25 bits per heavy atom. The van der Waals surface area contributed by atoms with Crippen molar-refractivity contribution in [1.82, 2.24) is 10.3 Å². The Balaban J connectivity index is 1.71. The molecule has 20 heavy (non-hydrogen) atoms. The van der Waals surface area contributed by atoms with Crippen LogP contribution in [0.1, 0.15) is 41.6 Å². The maximum absolute atomic E-state index is 4.63. The first kappa shape index (κ1) is 14.0. The number of nitrogens with one attached hydrogen (secondary N) is 1. The summed E-state index contributed by atoms with van der Waals surface area (Å²) in [5.41, 5.74) is 1.49. The molecular formula is C15H21N3S2. The zero-order valence-corrected chi connectivity index (χ0v) is 13.7. The number of thiazole rings is 1. The first-order valence-corrected chi connectivity index (χ1v) is 8.97. The average molecular weight is 307 g/mol. The highest BCUT2D eigenvalue weighted by Crippen LogP contribution is 2.37. The molecule has 1 aliphatic heterocycles. The molecule has 2 aromatic heterocycles. The molecule has 0 aliphatic carbocycles. The van der Waals surface area contributed by atoms with Crippen molar-refractivity contribution in [3.8, 4) is 0 Å². The second-order valence-corrected chi connectivity index (χ2v) is 7.30. The van der Waals surface area contributed by atoms with Gasteiger partial charge in [-0.25, -0.2) is 4.98 Å². The molecule has 0 amide bonds. The minimum Gasteiger partial charge on any atom is -0.341 e. The van der Waals surface area contributed by atoms with Crippen molar-refractivity contribution in [1.29, 1.82) is 0 Å². The largest absolute Gasteiger partial charge is 0.341 e. The summed E-state index contributed by atoms with van der Waals surface area (Å²) in [4.78, 5) is 9.96. The second kappa shape index (κ2) is 6.24. The van der Waals surface area contributed by atoms with Gasteiger partial charge in [0.15, 0.2) is 5.13 Å². The third-order valence-electron chi connectivity index (χ3n) is 3.79. The Morgan fingerprint density at radius 2 is 2.40 bits per heavy atom. The predicted molar refractivity (Wildman–Crippen MR) is 87.9 cm³/mol. The molecule has 1 unspecified atom stereocenters. The van der Waals surface area contributed by atoms with Gasteiger partial charge in [-0.15, -0.1) is 22.7 Å². The summed E-state index contributed by atoms with van der Waals surface area (Å²) in [7, 11) is 0. The molecule has 0 saturated carbocycles. The Bertz CT molecular complexity index is 561. The highest BCUT2D eigenvalue weighted by Gasteiger charge is 2.26. The minimum absolute atomic E-state index is 0.451. The zero-order valence-electron chi connectivity index (χ0n) is 12.1. The molecule has 0 radical (unpaired) electrons. The van der Waals surface area contributed by atoms with Crippen LogP contribution in [0.3, 0.4) is 0 Å². The van der Waals surface area contributed by atoms with E-state index in [2.05, 4.69) is 40.5 Å². The SMILES string of the molecule is CCCNCc1cnc(N2CCc3sccc3C2C)s1. The van der Waals surface area contributed by atoms with Crippen molar-refractivity contribution < 1.29 is 0 Å². The van der Waals surface area contributed by atoms with Crippen molar-refractivity contribution in [2.75, 3.05) is 18.0 Å². The molecule has 1 atom stereocenters. The molecule has 3 rings (SSSR count). The van der Waals surface area contributed by atoms with Crippen LogP contribution >= 0.6 is 22.7 Å². The molecule has 1 aliphatic rings. The third-order valence-corrected chi connectivity index (χ3v) is 5.82. The standard InChI is InChI=1S/C15H21N3S2/c1-3-6-16-9-12-10-17-15(20-12)18-7-4-14-13(11(18)2)5-8-19-14/h5,8,10-11,16H,3-4,6-7,9H2,1-2H3. The fraction of sp³-hybridized carbons (Fsp3) is 0.533. The van der Waals surface area contributed by atoms with Gasteiger partial charge >= 0.3 is 0 Å². The Morgan fingerprint density at radius 1 is 1.50 bits per heavy atom. The molecule has 0 aromatic carbocycles. The molecule has 2 aromatic rings. The zero-order chi connectivity index (χ0) is 13.9. The number of anilines is 1. The van der Waals surface area contributed by atoms with Crippen LogP contribution in [0.25, 0.3) is 0 Å². The van der Waals surface area contributed by atoms with Gasteiger partial charge in [0.25, 0.3) is 0 Å². The summed E-state index contributed by atoms with van der Waals surface area (Å²) in [5.74, 6) is 0. The van der Waals surface area contributed by atoms with Crippen molar-refractivity contribution in [3.05, 3.63) is 33.0 Å². The summed E-state index contributed by atoms with van der Waals surface area (Å²) in [6, 6.07) is 2.72. The first-order valence-electron chi connectivity index (χ1n) is 7.28. The molecule has 3 nitrogen and oxygen atoms in total. The summed E-state index contributed by atoms with van der Waals surface area (Å²) in [6.45, 7) is 7.59. The molecule has 3 heterocycles. The lowest BCUT2D eigenvalue weighted by Crippen LogP contribution is -2.32. The molecule has 0 spiro atoms. The average Bonchev–Trinajstić information content (AvgIpc) is 3.08. The van der Waals surface area contributed by atoms with E-state index >= 15 is 0 Å². The van der Waals surface area contributed by atoms with Gasteiger partial charge in [0, 0.05) is 29.0 Å². The van der Waals surface area contributed by atoms with Gasteiger partial charge in [0.2, 0.25) is 0 Å². The lowest BCUT2D eigenvalue weighted by atomic mass is 10.0. The van der Waals surface area contributed by atoms with E-state index < -0.39 is 0 Å². The highest BCUT2D eigenvalue weighted by atomic mass is 32.1. The number of hydrogen-bond acceptors (Lipinski definition) is 5. The molecule has 0 saturated heterocycles. The van der Waals surface area contributed by atoms with E-state index in [0.29, 0.717) is 6.04 Å². The quantitative estimate of drug-likeness (QED) is 0.851. The van der Waals surface area contributed by atoms with Crippen LogP contribution in [0.2, 0.25) is 0 Å². The molecular weight excluding hydrogens is 286 g/mol. The van der Waals surface area contributed by atoms with Gasteiger partial charge in [-0.3, -0.25) is 0 Å². The van der Waals surface area contributed by atoms with Crippen LogP contribution in [0.5, 0.6) is 0 Å². The van der Waals surface area contributed by atoms with Crippen LogP contribution in [0, 0.1) is 0 Å². The van der Waals surface area contributed by atoms with E-state index in [0.717, 1.165) is 26.1 Å². The summed E-state index contributed by atoms with van der Waals surface area (Å²) in [5, 5.41) is 6.83. The summed E-state index contributed by atoms with van der Waals surface area (Å²) in [6.07, 6.45) is 4.36. The van der Waals surface area contributed by atoms with E-state index in [1.807, 2.05) is 28.9 Å². The molecule has 108 valence electrons. The van der Waals surface area contributed by atoms with Gasteiger partial charge in [0.1, 0.15) is 0 Å². The van der Waals surface area contributed by atoms with Gasteiger partial charge in [0.05, 0.1) is 6.04 Å². The Kier molecular flexibility index (Phi) is 4.38. The smallest absolute Gasteiger partial charge is 0.186 e. The monoisotopic (exact) mass is 307 g/mol. The summed E-state index contributed by atoms with van der Waals surface area (Å²) < 4.78 is 0. The number of nitrogens with zero attached hydrogens (tertiary/aromatic N) is 2. The van der Waals surface area contributed by atoms with Crippen LogP contribution < -0.4 is 10.2 Å². The first-order chi connectivity index (χ1) is 9.79. The fourth-order valence-electron chi connectivity index (χ4n) is 2.67. The Hall–Kier alpha value is -0.910. The van der Waals surface area contributed by atoms with Crippen molar-refractivity contribution in [2.24, 2.45) is 0 Å². The van der Waals surface area contributed by atoms with E-state index in [1.54, 1.807) is 4.88 Å². The normalized spacial score (nSPS) is 18.3. The van der Waals surface area contributed by atoms with E-state index in [4.69, 9.17) is 0 Å². The number of aromatic nitrogens is 1. The van der Waals surface area contributed by atoms with E-state index in [9.17, 15) is 0 Å². The third kappa shape index (κ3) is 2.75. The number of fused-ring (bicyclic) bond motifs is 1. The molecule has 0 fully saturated rings. The topological polar surface area (TPSA) is 28.2 Å². The molecule has 1 N–H and O–H groups in total. The molecule has 5 heteroatoms. The van der Waals surface area contributed by atoms with Gasteiger partial charge in [-0.05, 0) is 43.3 Å². The lowest BCUT2D eigenvalue weighted by Gasteiger charge is -2.33. The van der Waals surface area contributed by atoms with Crippen molar-refractivity contribution >= 4 is 27.8 Å². The van der Waals surface area contributed by atoms with Crippen molar-refractivity contribution in [3.63, 3.8) is 0 Å². The van der Waals surface area contributed by atoms with Crippen molar-refractivity contribution in [2.45, 2.75) is 39.3 Å². The van der Waals surface area contributed by atoms with Crippen LogP contribution in [-0.4, -0.2) is 18.1 Å². The van der Waals surface area contributed by atoms with E-state index in [-0.39, 0.29) is 0 Å².